The number of phosphoric ester groups is 2. The standard InChI is InChI=1S/C74H144O17P2/c1-7-10-12-14-16-18-19-20-28-31-34-38-45-51-57-72(77)85-62-69(90-73(78)58-52-46-39-35-32-29-26-24-22-21-23-25-27-30-33-36-43-49-55-67(6)9-3)64-88-92(80,81)86-60-68(75)61-87-93(82,83)89-65-70(63-84-71(76)56-50-44-37-17-15-13-11-8-2)91-74(79)59-53-47-41-40-42-48-54-66(4)5/h66-70,75H,7-65H2,1-6H3,(H,80,81)(H,82,83)/t67?,68-,69-,70-/m1/s1. The number of carbonyl (C=O) groups is 4. The van der Waals surface area contributed by atoms with Gasteiger partial charge < -0.3 is 33.8 Å². The first kappa shape index (κ1) is 91.1. The first-order chi connectivity index (χ1) is 44.9. The van der Waals surface area contributed by atoms with Gasteiger partial charge in [0, 0.05) is 25.7 Å². The number of ether oxygens (including phenoxy) is 4. The van der Waals surface area contributed by atoms with Gasteiger partial charge in [0.1, 0.15) is 19.3 Å². The molecule has 0 fully saturated rings. The number of phosphoric acid groups is 2. The first-order valence-electron chi connectivity index (χ1n) is 38.5. The third-order valence-electron chi connectivity index (χ3n) is 17.6. The van der Waals surface area contributed by atoms with Crippen molar-refractivity contribution < 1.29 is 80.2 Å². The van der Waals surface area contributed by atoms with Crippen molar-refractivity contribution >= 4 is 39.5 Å². The molecule has 0 aromatic carbocycles. The minimum absolute atomic E-state index is 0.102. The van der Waals surface area contributed by atoms with Crippen LogP contribution in [-0.4, -0.2) is 96.7 Å². The lowest BCUT2D eigenvalue weighted by atomic mass is 9.99. The van der Waals surface area contributed by atoms with E-state index in [1.54, 1.807) is 0 Å². The minimum Gasteiger partial charge on any atom is -0.462 e. The lowest BCUT2D eigenvalue weighted by Gasteiger charge is -2.21. The first-order valence-corrected chi connectivity index (χ1v) is 41.5. The van der Waals surface area contributed by atoms with Gasteiger partial charge in [-0.25, -0.2) is 9.13 Å². The van der Waals surface area contributed by atoms with Crippen molar-refractivity contribution in [2.75, 3.05) is 39.6 Å². The highest BCUT2D eigenvalue weighted by molar-refractivity contribution is 7.47. The third-order valence-corrected chi connectivity index (χ3v) is 19.5. The van der Waals surface area contributed by atoms with Gasteiger partial charge >= 0.3 is 39.5 Å². The van der Waals surface area contributed by atoms with Crippen LogP contribution in [0.2, 0.25) is 0 Å². The smallest absolute Gasteiger partial charge is 0.462 e. The molecule has 17 nitrogen and oxygen atoms in total. The highest BCUT2D eigenvalue weighted by atomic mass is 31.2. The summed E-state index contributed by atoms with van der Waals surface area (Å²) in [6.45, 7) is 9.52. The molecule has 0 aromatic heterocycles. The van der Waals surface area contributed by atoms with Gasteiger partial charge in [-0.05, 0) is 37.5 Å². The van der Waals surface area contributed by atoms with E-state index in [-0.39, 0.29) is 25.7 Å². The SMILES string of the molecule is CCCCCCCCCCCCCCCCC(=O)OC[C@H](COP(=O)(O)OC[C@@H](O)COP(=O)(O)OC[C@@H](COC(=O)CCCCCCCCCC)OC(=O)CCCCCCCCC(C)C)OC(=O)CCCCCCCCCCCCCCCCCCCCC(C)CC. The Balaban J connectivity index is 5.14. The molecule has 0 aliphatic carbocycles. The molecule has 0 spiro atoms. The fourth-order valence-electron chi connectivity index (χ4n) is 11.3. The van der Waals surface area contributed by atoms with Crippen LogP contribution >= 0.6 is 15.6 Å². The molecule has 19 heteroatoms. The number of aliphatic hydroxyl groups excluding tert-OH is 1. The zero-order valence-corrected chi connectivity index (χ0v) is 62.3. The second-order valence-corrected chi connectivity index (χ2v) is 30.3. The molecule has 0 aliphatic heterocycles. The molecule has 0 saturated carbocycles. The maximum Gasteiger partial charge on any atom is 0.472 e. The maximum absolute atomic E-state index is 13.1. The molecule has 0 radical (unpaired) electrons. The van der Waals surface area contributed by atoms with E-state index in [0.29, 0.717) is 31.6 Å². The van der Waals surface area contributed by atoms with Crippen LogP contribution < -0.4 is 0 Å². The van der Waals surface area contributed by atoms with Crippen molar-refractivity contribution in [3.05, 3.63) is 0 Å². The Bertz CT molecular complexity index is 1810. The number of unbranched alkanes of at least 4 members (excludes halogenated alkanes) is 42. The van der Waals surface area contributed by atoms with Gasteiger partial charge in [-0.2, -0.15) is 0 Å². The normalized spacial score (nSPS) is 14.3. The van der Waals surface area contributed by atoms with Crippen LogP contribution in [0.1, 0.15) is 382 Å². The number of hydrogen-bond donors (Lipinski definition) is 3. The lowest BCUT2D eigenvalue weighted by Crippen LogP contribution is -2.30. The number of aliphatic hydroxyl groups is 1. The van der Waals surface area contributed by atoms with E-state index in [9.17, 15) is 43.2 Å². The van der Waals surface area contributed by atoms with Crippen molar-refractivity contribution in [1.82, 2.24) is 0 Å². The predicted octanol–water partition coefficient (Wildman–Crippen LogP) is 21.6. The molecule has 6 atom stereocenters. The van der Waals surface area contributed by atoms with Gasteiger partial charge in [-0.3, -0.25) is 37.3 Å². The van der Waals surface area contributed by atoms with Gasteiger partial charge in [0.25, 0.3) is 0 Å². The lowest BCUT2D eigenvalue weighted by molar-refractivity contribution is -0.161. The van der Waals surface area contributed by atoms with Crippen LogP contribution in [0, 0.1) is 11.8 Å². The summed E-state index contributed by atoms with van der Waals surface area (Å²) < 4.78 is 68.3. The molecule has 0 aliphatic rings. The predicted molar refractivity (Wildman–Crippen MR) is 377 cm³/mol. The number of carbonyl (C=O) groups excluding carboxylic acids is 4. The summed E-state index contributed by atoms with van der Waals surface area (Å²) >= 11 is 0. The van der Waals surface area contributed by atoms with Gasteiger partial charge in [-0.1, -0.05) is 330 Å². The number of rotatable bonds is 73. The van der Waals surface area contributed by atoms with Crippen molar-refractivity contribution in [2.24, 2.45) is 11.8 Å². The zero-order valence-electron chi connectivity index (χ0n) is 60.6. The largest absolute Gasteiger partial charge is 0.472 e. The third kappa shape index (κ3) is 67.0. The average molecular weight is 1370 g/mol. The summed E-state index contributed by atoms with van der Waals surface area (Å²) in [7, 11) is -9.90. The second-order valence-electron chi connectivity index (χ2n) is 27.4. The van der Waals surface area contributed by atoms with E-state index in [1.165, 1.54) is 193 Å². The van der Waals surface area contributed by atoms with E-state index < -0.39 is 97.5 Å². The molecular weight excluding hydrogens is 1220 g/mol. The van der Waals surface area contributed by atoms with Crippen molar-refractivity contribution in [2.45, 2.75) is 400 Å². The van der Waals surface area contributed by atoms with Crippen molar-refractivity contribution in [1.29, 1.82) is 0 Å². The summed E-state index contributed by atoms with van der Waals surface area (Å²) in [5.74, 6) is -0.585. The average Bonchev–Trinajstić information content (AvgIpc) is 1.79. The van der Waals surface area contributed by atoms with Gasteiger partial charge in [0.15, 0.2) is 12.2 Å². The van der Waals surface area contributed by atoms with E-state index in [4.69, 9.17) is 37.0 Å². The van der Waals surface area contributed by atoms with Crippen LogP contribution in [0.25, 0.3) is 0 Å². The molecule has 3 N–H and O–H groups in total. The summed E-state index contributed by atoms with van der Waals surface area (Å²) in [6, 6.07) is 0. The molecule has 0 amide bonds. The van der Waals surface area contributed by atoms with Crippen molar-refractivity contribution in [3.8, 4) is 0 Å². The Morgan fingerprint density at radius 1 is 0.312 bits per heavy atom. The monoisotopic (exact) mass is 1370 g/mol. The summed E-state index contributed by atoms with van der Waals surface area (Å²) in [4.78, 5) is 72.5. The second kappa shape index (κ2) is 66.0. The Hall–Kier alpha value is -1.94. The molecule has 0 bridgehead atoms. The molecule has 0 rings (SSSR count). The molecule has 93 heavy (non-hydrogen) atoms. The number of hydrogen-bond acceptors (Lipinski definition) is 15. The fraction of sp³-hybridized carbons (Fsp3) is 0.946. The molecule has 0 heterocycles. The van der Waals surface area contributed by atoms with E-state index in [2.05, 4.69) is 41.5 Å². The zero-order chi connectivity index (χ0) is 68.6. The molecule has 0 saturated heterocycles. The van der Waals surface area contributed by atoms with Crippen molar-refractivity contribution in [3.63, 3.8) is 0 Å². The fourth-order valence-corrected chi connectivity index (χ4v) is 12.8. The Labute approximate surface area is 568 Å². The van der Waals surface area contributed by atoms with Gasteiger partial charge in [0.2, 0.25) is 0 Å². The molecular formula is C74H144O17P2. The summed E-state index contributed by atoms with van der Waals surface area (Å²) in [6.07, 6.45) is 53.0. The highest BCUT2D eigenvalue weighted by Crippen LogP contribution is 2.45. The summed E-state index contributed by atoms with van der Waals surface area (Å²) in [5, 5.41) is 10.6. The van der Waals surface area contributed by atoms with Crippen LogP contribution in [0.15, 0.2) is 0 Å². The summed E-state index contributed by atoms with van der Waals surface area (Å²) in [5.41, 5.74) is 0. The molecule has 552 valence electrons. The molecule has 0 aromatic rings. The maximum atomic E-state index is 13.1. The van der Waals surface area contributed by atoms with Gasteiger partial charge in [0.05, 0.1) is 26.4 Å². The van der Waals surface area contributed by atoms with Crippen LogP contribution in [0.3, 0.4) is 0 Å². The Morgan fingerprint density at radius 3 is 0.817 bits per heavy atom. The minimum atomic E-state index is -4.95. The number of esters is 4. The van der Waals surface area contributed by atoms with Crippen LogP contribution in [0.4, 0.5) is 0 Å². The van der Waals surface area contributed by atoms with E-state index >= 15 is 0 Å². The van der Waals surface area contributed by atoms with Gasteiger partial charge in [-0.15, -0.1) is 0 Å². The topological polar surface area (TPSA) is 237 Å². The van der Waals surface area contributed by atoms with Crippen LogP contribution in [0.5, 0.6) is 0 Å². The Kier molecular flexibility index (Phi) is 64.6. The van der Waals surface area contributed by atoms with Crippen LogP contribution in [-0.2, 0) is 65.4 Å². The van der Waals surface area contributed by atoms with E-state index in [0.717, 1.165) is 102 Å². The Morgan fingerprint density at radius 2 is 0.548 bits per heavy atom. The molecule has 3 unspecified atom stereocenters. The quantitative estimate of drug-likeness (QED) is 0.0222. The highest BCUT2D eigenvalue weighted by Gasteiger charge is 2.30. The van der Waals surface area contributed by atoms with E-state index in [1.807, 2.05) is 0 Å².